The summed E-state index contributed by atoms with van der Waals surface area (Å²) in [6.45, 7) is 10.5. The molecule has 0 aromatic heterocycles. The zero-order chi connectivity index (χ0) is 21.5. The Morgan fingerprint density at radius 1 is 1.30 bits per heavy atom. The molecule has 1 aromatic carbocycles. The smallest absolute Gasteiger partial charge is 0.222 e. The molecule has 3 aliphatic rings. The number of carbonyl (C=O) groups excluding carboxylic acids is 1. The summed E-state index contributed by atoms with van der Waals surface area (Å²) in [6.07, 6.45) is 3.45. The minimum Gasteiger partial charge on any atom is -0.491 e. The van der Waals surface area contributed by atoms with Crippen molar-refractivity contribution in [1.29, 1.82) is 0 Å². The lowest BCUT2D eigenvalue weighted by Gasteiger charge is -2.53. The van der Waals surface area contributed by atoms with Crippen LogP contribution in [0.2, 0.25) is 0 Å². The van der Waals surface area contributed by atoms with E-state index in [4.69, 9.17) is 14.2 Å². The normalized spacial score (nSPS) is 34.1. The fourth-order valence-electron chi connectivity index (χ4n) is 6.45. The van der Waals surface area contributed by atoms with Crippen LogP contribution in [0.25, 0.3) is 0 Å². The van der Waals surface area contributed by atoms with Gasteiger partial charge in [-0.1, -0.05) is 39.8 Å². The lowest BCUT2D eigenvalue weighted by Crippen LogP contribution is -2.59. The quantitative estimate of drug-likeness (QED) is 0.672. The molecule has 1 aliphatic heterocycles. The number of hydrogen-bond donors (Lipinski definition) is 1. The van der Waals surface area contributed by atoms with E-state index in [1.54, 1.807) is 7.11 Å². The van der Waals surface area contributed by atoms with Gasteiger partial charge in [0.15, 0.2) is 0 Å². The van der Waals surface area contributed by atoms with Gasteiger partial charge in [0.1, 0.15) is 12.4 Å². The van der Waals surface area contributed by atoms with Crippen LogP contribution in [0.15, 0.2) is 24.3 Å². The molecule has 0 unspecified atom stereocenters. The summed E-state index contributed by atoms with van der Waals surface area (Å²) in [4.78, 5) is 12.7. The topological polar surface area (TPSA) is 56.8 Å². The summed E-state index contributed by atoms with van der Waals surface area (Å²) in [6, 6.07) is 8.53. The van der Waals surface area contributed by atoms with Crippen molar-refractivity contribution in [2.45, 2.75) is 59.1 Å². The van der Waals surface area contributed by atoms with Gasteiger partial charge in [0.25, 0.3) is 0 Å². The molecule has 166 valence electrons. The number of amides is 1. The molecule has 5 nitrogen and oxygen atoms in total. The maximum atomic E-state index is 12.7. The van der Waals surface area contributed by atoms with Crippen molar-refractivity contribution in [3.05, 3.63) is 29.8 Å². The maximum absolute atomic E-state index is 12.7. The van der Waals surface area contributed by atoms with E-state index in [2.05, 4.69) is 37.4 Å². The van der Waals surface area contributed by atoms with Gasteiger partial charge in [0.2, 0.25) is 5.91 Å². The Labute approximate surface area is 180 Å². The zero-order valence-electron chi connectivity index (χ0n) is 19.1. The number of ether oxygens (including phenoxy) is 3. The van der Waals surface area contributed by atoms with Crippen LogP contribution >= 0.6 is 0 Å². The number of benzene rings is 1. The fourth-order valence-corrected chi connectivity index (χ4v) is 6.45. The summed E-state index contributed by atoms with van der Waals surface area (Å²) in [5, 5.41) is 3.47. The maximum Gasteiger partial charge on any atom is 0.222 e. The third kappa shape index (κ3) is 3.54. The van der Waals surface area contributed by atoms with Crippen LogP contribution in [0.3, 0.4) is 0 Å². The van der Waals surface area contributed by atoms with E-state index in [0.717, 1.165) is 18.8 Å². The van der Waals surface area contributed by atoms with E-state index in [1.807, 2.05) is 19.9 Å². The molecule has 2 bridgehead atoms. The highest BCUT2D eigenvalue weighted by molar-refractivity contribution is 5.78. The molecule has 1 heterocycles. The molecule has 3 fully saturated rings. The standard InChI is InChI=1S/C25H37NO4/c1-16(2)22(27)26-23-24(3,4)18-14-20-21(30-10-9-25(20,23)15-18)17-7-6-8-19(13-17)29-12-11-28-5/h6-8,13,16,18,20-21,23H,9-12,14-15H2,1-5H3,(H,26,27)/t18-,20-,21-,23+,25-/m1/s1. The highest BCUT2D eigenvalue weighted by Gasteiger charge is 2.68. The van der Waals surface area contributed by atoms with Gasteiger partial charge < -0.3 is 19.5 Å². The van der Waals surface area contributed by atoms with Crippen molar-refractivity contribution in [2.75, 3.05) is 26.9 Å². The van der Waals surface area contributed by atoms with Crippen LogP contribution in [0, 0.1) is 28.6 Å². The number of fused-ring (bicyclic) bond motifs is 1. The summed E-state index contributed by atoms with van der Waals surface area (Å²) in [7, 11) is 1.68. The van der Waals surface area contributed by atoms with Crippen LogP contribution in [0.1, 0.15) is 58.6 Å². The molecule has 1 N–H and O–H groups in total. The van der Waals surface area contributed by atoms with Crippen LogP contribution in [-0.2, 0) is 14.3 Å². The first-order valence-corrected chi connectivity index (χ1v) is 11.4. The molecule has 1 amide bonds. The second-order valence-electron chi connectivity index (χ2n) is 10.3. The lowest BCUT2D eigenvalue weighted by molar-refractivity contribution is -0.139. The second kappa shape index (κ2) is 8.16. The van der Waals surface area contributed by atoms with Gasteiger partial charge in [-0.2, -0.15) is 0 Å². The Balaban J connectivity index is 1.60. The molecule has 5 atom stereocenters. The molecule has 5 heteroatoms. The molecule has 2 saturated carbocycles. The van der Waals surface area contributed by atoms with Gasteiger partial charge in [-0.3, -0.25) is 4.79 Å². The summed E-state index contributed by atoms with van der Waals surface area (Å²) >= 11 is 0. The molecular formula is C25H37NO4. The van der Waals surface area contributed by atoms with Crippen molar-refractivity contribution < 1.29 is 19.0 Å². The van der Waals surface area contributed by atoms with Gasteiger partial charge >= 0.3 is 0 Å². The van der Waals surface area contributed by atoms with Crippen LogP contribution in [0.4, 0.5) is 0 Å². The monoisotopic (exact) mass is 415 g/mol. The predicted octanol–water partition coefficient (Wildman–Crippen LogP) is 4.37. The highest BCUT2D eigenvalue weighted by Crippen LogP contribution is 2.70. The van der Waals surface area contributed by atoms with Crippen molar-refractivity contribution >= 4 is 5.91 Å². The molecule has 0 radical (unpaired) electrons. The average molecular weight is 416 g/mol. The van der Waals surface area contributed by atoms with Gasteiger partial charge in [-0.15, -0.1) is 0 Å². The SMILES string of the molecule is COCCOc1cccc([C@H]2OCC[C@@]34C[C@@H](C[C@H]23)C(C)(C)[C@@H]4NC(=O)C(C)C)c1. The van der Waals surface area contributed by atoms with Crippen LogP contribution < -0.4 is 10.1 Å². The molecule has 30 heavy (non-hydrogen) atoms. The fraction of sp³-hybridized carbons (Fsp3) is 0.720. The van der Waals surface area contributed by atoms with Gasteiger partial charge in [-0.25, -0.2) is 0 Å². The minimum atomic E-state index is 0.00587. The first kappa shape index (κ1) is 21.6. The van der Waals surface area contributed by atoms with E-state index >= 15 is 0 Å². The molecular weight excluding hydrogens is 378 g/mol. The van der Waals surface area contributed by atoms with E-state index in [9.17, 15) is 4.79 Å². The van der Waals surface area contributed by atoms with Crippen molar-refractivity contribution in [3.63, 3.8) is 0 Å². The van der Waals surface area contributed by atoms with Gasteiger partial charge in [0, 0.05) is 25.7 Å². The number of carbonyl (C=O) groups is 1. The van der Waals surface area contributed by atoms with Gasteiger partial charge in [0.05, 0.1) is 12.7 Å². The molecule has 1 aromatic rings. The van der Waals surface area contributed by atoms with E-state index in [1.165, 1.54) is 18.4 Å². The van der Waals surface area contributed by atoms with Crippen molar-refractivity contribution in [1.82, 2.24) is 5.32 Å². The van der Waals surface area contributed by atoms with E-state index < -0.39 is 0 Å². The van der Waals surface area contributed by atoms with Gasteiger partial charge in [-0.05, 0) is 59.6 Å². The van der Waals surface area contributed by atoms with Crippen molar-refractivity contribution in [2.24, 2.45) is 28.6 Å². The molecule has 4 rings (SSSR count). The first-order valence-electron chi connectivity index (χ1n) is 11.4. The summed E-state index contributed by atoms with van der Waals surface area (Å²) in [5.41, 5.74) is 1.43. The minimum absolute atomic E-state index is 0.00587. The lowest BCUT2D eigenvalue weighted by atomic mass is 9.58. The van der Waals surface area contributed by atoms with Crippen LogP contribution in [-0.4, -0.2) is 38.9 Å². The second-order valence-corrected chi connectivity index (χ2v) is 10.3. The summed E-state index contributed by atoms with van der Waals surface area (Å²) < 4.78 is 17.3. The highest BCUT2D eigenvalue weighted by atomic mass is 16.5. The number of rotatable bonds is 7. The third-order valence-corrected chi connectivity index (χ3v) is 8.06. The number of hydrogen-bond acceptors (Lipinski definition) is 4. The van der Waals surface area contributed by atoms with Crippen LogP contribution in [0.5, 0.6) is 5.75 Å². The number of methoxy groups -OCH3 is 1. The van der Waals surface area contributed by atoms with E-state index in [0.29, 0.717) is 25.0 Å². The largest absolute Gasteiger partial charge is 0.491 e. The molecule has 2 aliphatic carbocycles. The Kier molecular flexibility index (Phi) is 5.88. The van der Waals surface area contributed by atoms with E-state index in [-0.39, 0.29) is 34.8 Å². The first-order chi connectivity index (χ1) is 14.3. The summed E-state index contributed by atoms with van der Waals surface area (Å²) in [5.74, 6) is 2.08. The zero-order valence-corrected chi connectivity index (χ0v) is 19.1. The Hall–Kier alpha value is -1.59. The molecule has 1 spiro atoms. The third-order valence-electron chi connectivity index (χ3n) is 8.06. The number of nitrogens with one attached hydrogen (secondary N) is 1. The Morgan fingerprint density at radius 3 is 2.83 bits per heavy atom. The average Bonchev–Trinajstić information content (AvgIpc) is 3.20. The Bertz CT molecular complexity index is 776. The Morgan fingerprint density at radius 2 is 2.10 bits per heavy atom. The predicted molar refractivity (Wildman–Crippen MR) is 116 cm³/mol. The van der Waals surface area contributed by atoms with Crippen molar-refractivity contribution in [3.8, 4) is 5.75 Å². The molecule has 1 saturated heterocycles.